The second-order valence-electron chi connectivity index (χ2n) is 6.66. The molecule has 0 aliphatic heterocycles. The first kappa shape index (κ1) is 20.3. The summed E-state index contributed by atoms with van der Waals surface area (Å²) < 4.78 is 0.902. The number of hydrogen-bond donors (Lipinski definition) is 1. The Morgan fingerprint density at radius 3 is 2.34 bits per heavy atom. The maximum atomic E-state index is 12.6. The summed E-state index contributed by atoms with van der Waals surface area (Å²) >= 11 is 1.28. The van der Waals surface area contributed by atoms with Gasteiger partial charge in [0, 0.05) is 12.1 Å². The molecule has 3 rings (SSSR count). The lowest BCUT2D eigenvalue weighted by atomic mass is 9.99. The maximum absolute atomic E-state index is 12.6. The third-order valence-electron chi connectivity index (χ3n) is 4.82. The van der Waals surface area contributed by atoms with E-state index >= 15 is 0 Å². The van der Waals surface area contributed by atoms with Gasteiger partial charge in [0.1, 0.15) is 5.56 Å². The Balaban J connectivity index is 1.94. The van der Waals surface area contributed by atoms with Gasteiger partial charge >= 0.3 is 0 Å². The molecule has 0 aliphatic rings. The molecule has 1 aromatic heterocycles. The number of carbonyl (C=O) groups excluding carboxylic acids is 1. The predicted molar refractivity (Wildman–Crippen MR) is 111 cm³/mol. The van der Waals surface area contributed by atoms with E-state index in [0.717, 1.165) is 28.8 Å². The standard InChI is InChI=1S/C19H18N4O5S/c1-4-10(2)12-5-6-14-17(9-12)29-19(20-14)21-18(24)13-7-15(22(25)26)11(3)16(8-13)23(27)28/h5-10H,4H2,1-3H3,(H,20,21,24). The minimum absolute atomic E-state index is 0.103. The highest BCUT2D eigenvalue weighted by Gasteiger charge is 2.25. The zero-order chi connectivity index (χ0) is 21.3. The van der Waals surface area contributed by atoms with E-state index in [-0.39, 0.29) is 11.1 Å². The highest BCUT2D eigenvalue weighted by atomic mass is 32.1. The van der Waals surface area contributed by atoms with Gasteiger partial charge in [0.25, 0.3) is 17.3 Å². The van der Waals surface area contributed by atoms with E-state index in [2.05, 4.69) is 24.1 Å². The SMILES string of the molecule is CCC(C)c1ccc2nc(NC(=O)c3cc([N+](=O)[O-])c(C)c([N+](=O)[O-])c3)sc2c1. The largest absolute Gasteiger partial charge is 0.298 e. The number of rotatable bonds is 6. The number of aromatic nitrogens is 1. The van der Waals surface area contributed by atoms with Gasteiger partial charge in [-0.15, -0.1) is 0 Å². The zero-order valence-corrected chi connectivity index (χ0v) is 16.8. The molecule has 1 unspecified atom stereocenters. The molecule has 1 atom stereocenters. The molecule has 0 saturated carbocycles. The van der Waals surface area contributed by atoms with E-state index in [1.54, 1.807) is 0 Å². The molecule has 0 bridgehead atoms. The molecule has 0 spiro atoms. The van der Waals surface area contributed by atoms with Crippen LogP contribution < -0.4 is 5.32 Å². The lowest BCUT2D eigenvalue weighted by molar-refractivity contribution is -0.395. The van der Waals surface area contributed by atoms with Crippen molar-refractivity contribution in [2.75, 3.05) is 5.32 Å². The molecule has 0 radical (unpaired) electrons. The number of thiazole rings is 1. The van der Waals surface area contributed by atoms with Gasteiger partial charge in [-0.25, -0.2) is 4.98 Å². The van der Waals surface area contributed by atoms with Crippen molar-refractivity contribution >= 4 is 44.0 Å². The van der Waals surface area contributed by atoms with Crippen LogP contribution in [0.4, 0.5) is 16.5 Å². The van der Waals surface area contributed by atoms with Crippen molar-refractivity contribution < 1.29 is 14.6 Å². The van der Waals surface area contributed by atoms with E-state index in [4.69, 9.17) is 0 Å². The summed E-state index contributed by atoms with van der Waals surface area (Å²) in [6, 6.07) is 7.97. The van der Waals surface area contributed by atoms with Crippen LogP contribution in [0, 0.1) is 27.2 Å². The number of anilines is 1. The molecule has 1 N–H and O–H groups in total. The van der Waals surface area contributed by atoms with Gasteiger partial charge in [-0.05, 0) is 37.0 Å². The zero-order valence-electron chi connectivity index (χ0n) is 16.0. The van der Waals surface area contributed by atoms with E-state index in [1.807, 2.05) is 18.2 Å². The van der Waals surface area contributed by atoms with Crippen LogP contribution in [-0.2, 0) is 0 Å². The van der Waals surface area contributed by atoms with E-state index in [1.165, 1.54) is 23.8 Å². The third kappa shape index (κ3) is 4.06. The molecule has 0 saturated heterocycles. The highest BCUT2D eigenvalue weighted by molar-refractivity contribution is 7.22. The number of hydrogen-bond acceptors (Lipinski definition) is 7. The topological polar surface area (TPSA) is 128 Å². The van der Waals surface area contributed by atoms with Crippen LogP contribution in [0.15, 0.2) is 30.3 Å². The molecule has 150 valence electrons. The van der Waals surface area contributed by atoms with Crippen LogP contribution in [0.5, 0.6) is 0 Å². The van der Waals surface area contributed by atoms with E-state index in [0.29, 0.717) is 11.0 Å². The van der Waals surface area contributed by atoms with Crippen molar-refractivity contribution in [3.05, 3.63) is 67.3 Å². The van der Waals surface area contributed by atoms with E-state index < -0.39 is 27.1 Å². The Hall–Kier alpha value is -3.40. The van der Waals surface area contributed by atoms with Gasteiger partial charge < -0.3 is 0 Å². The summed E-state index contributed by atoms with van der Waals surface area (Å²) in [4.78, 5) is 37.9. The first-order valence-electron chi connectivity index (χ1n) is 8.86. The average molecular weight is 414 g/mol. The lowest BCUT2D eigenvalue weighted by Gasteiger charge is -2.07. The first-order valence-corrected chi connectivity index (χ1v) is 9.68. The molecular weight excluding hydrogens is 396 g/mol. The average Bonchev–Trinajstić information content (AvgIpc) is 3.08. The van der Waals surface area contributed by atoms with Crippen LogP contribution in [0.25, 0.3) is 10.2 Å². The number of nitrogens with one attached hydrogen (secondary N) is 1. The first-order chi connectivity index (χ1) is 13.7. The smallest absolute Gasteiger partial charge is 0.279 e. The van der Waals surface area contributed by atoms with Gasteiger partial charge in [-0.1, -0.05) is 31.3 Å². The fourth-order valence-electron chi connectivity index (χ4n) is 2.90. The number of nitrogens with zero attached hydrogens (tertiary/aromatic N) is 3. The van der Waals surface area contributed by atoms with Crippen molar-refractivity contribution in [1.82, 2.24) is 4.98 Å². The summed E-state index contributed by atoms with van der Waals surface area (Å²) in [5, 5.41) is 25.3. The predicted octanol–water partition coefficient (Wildman–Crippen LogP) is 5.19. The molecule has 1 heterocycles. The molecule has 2 aromatic carbocycles. The van der Waals surface area contributed by atoms with Gasteiger partial charge in [0.2, 0.25) is 0 Å². The summed E-state index contributed by atoms with van der Waals surface area (Å²) in [5.41, 5.74) is 0.658. The number of fused-ring (bicyclic) bond motifs is 1. The minimum atomic E-state index is -0.743. The van der Waals surface area contributed by atoms with Gasteiger partial charge in [-0.3, -0.25) is 30.3 Å². The number of carbonyl (C=O) groups is 1. The van der Waals surface area contributed by atoms with Crippen LogP contribution in [0.2, 0.25) is 0 Å². The Labute approximate surface area is 169 Å². The van der Waals surface area contributed by atoms with Crippen molar-refractivity contribution in [2.24, 2.45) is 0 Å². The summed E-state index contributed by atoms with van der Waals surface area (Å²) in [6.07, 6.45) is 0.999. The number of nitro benzene ring substituents is 2. The Bertz CT molecular complexity index is 1110. The summed E-state index contributed by atoms with van der Waals surface area (Å²) in [7, 11) is 0. The third-order valence-corrected chi connectivity index (χ3v) is 5.76. The monoisotopic (exact) mass is 414 g/mol. The van der Waals surface area contributed by atoms with Crippen molar-refractivity contribution in [3.8, 4) is 0 Å². The maximum Gasteiger partial charge on any atom is 0.279 e. The Morgan fingerprint density at radius 1 is 1.17 bits per heavy atom. The number of benzene rings is 2. The van der Waals surface area contributed by atoms with Gasteiger partial charge in [-0.2, -0.15) is 0 Å². The highest BCUT2D eigenvalue weighted by Crippen LogP contribution is 2.32. The van der Waals surface area contributed by atoms with Crippen molar-refractivity contribution in [3.63, 3.8) is 0 Å². The summed E-state index contributed by atoms with van der Waals surface area (Å²) in [5.74, 6) is -0.300. The number of amides is 1. The molecule has 9 nitrogen and oxygen atoms in total. The summed E-state index contributed by atoms with van der Waals surface area (Å²) in [6.45, 7) is 5.51. The number of nitro groups is 2. The molecule has 29 heavy (non-hydrogen) atoms. The van der Waals surface area contributed by atoms with Crippen LogP contribution in [0.1, 0.15) is 47.7 Å². The van der Waals surface area contributed by atoms with Crippen LogP contribution in [0.3, 0.4) is 0 Å². The van der Waals surface area contributed by atoms with Crippen LogP contribution >= 0.6 is 11.3 Å². The quantitative estimate of drug-likeness (QED) is 0.437. The Morgan fingerprint density at radius 2 is 1.79 bits per heavy atom. The Kier molecular flexibility index (Phi) is 5.55. The normalized spacial score (nSPS) is 12.0. The molecule has 3 aromatic rings. The molecule has 0 fully saturated rings. The fraction of sp³-hybridized carbons (Fsp3) is 0.263. The fourth-order valence-corrected chi connectivity index (χ4v) is 3.81. The van der Waals surface area contributed by atoms with Crippen molar-refractivity contribution in [1.29, 1.82) is 0 Å². The lowest BCUT2D eigenvalue weighted by Crippen LogP contribution is -2.13. The molecule has 0 aliphatic carbocycles. The minimum Gasteiger partial charge on any atom is -0.298 e. The van der Waals surface area contributed by atoms with Gasteiger partial charge in [0.15, 0.2) is 5.13 Å². The second kappa shape index (κ2) is 7.92. The van der Waals surface area contributed by atoms with Crippen molar-refractivity contribution in [2.45, 2.75) is 33.1 Å². The molecular formula is C19H18N4O5S. The van der Waals surface area contributed by atoms with E-state index in [9.17, 15) is 25.0 Å². The molecule has 10 heteroatoms. The second-order valence-corrected chi connectivity index (χ2v) is 7.69. The van der Waals surface area contributed by atoms with Gasteiger partial charge in [0.05, 0.1) is 25.6 Å². The van der Waals surface area contributed by atoms with Crippen LogP contribution in [-0.4, -0.2) is 20.7 Å². The molecule has 1 amide bonds.